The SMILES string of the molecule is [C]C1CCN1O. The largest absolute Gasteiger partial charge is 0.314 e. The standard InChI is InChI=1S/C4H6NO/c1-4-2-3-5(4)6/h4,6H,2-3H2. The molecule has 1 aliphatic rings. The maximum absolute atomic E-state index is 8.36. The van der Waals surface area contributed by atoms with Gasteiger partial charge in [0.1, 0.15) is 0 Å². The van der Waals surface area contributed by atoms with Gasteiger partial charge in [-0.05, 0) is 6.42 Å². The van der Waals surface area contributed by atoms with Crippen molar-refractivity contribution in [3.8, 4) is 0 Å². The predicted octanol–water partition coefficient (Wildman–Crippen LogP) is 0.0380. The summed E-state index contributed by atoms with van der Waals surface area (Å²) in [6, 6.07) is -0.329. The Morgan fingerprint density at radius 3 is 2.33 bits per heavy atom. The van der Waals surface area contributed by atoms with E-state index in [0.717, 1.165) is 11.5 Å². The molecule has 6 heavy (non-hydrogen) atoms. The van der Waals surface area contributed by atoms with Gasteiger partial charge in [-0.3, -0.25) is 0 Å². The summed E-state index contributed by atoms with van der Waals surface area (Å²) >= 11 is 0. The van der Waals surface area contributed by atoms with Gasteiger partial charge in [0, 0.05) is 19.5 Å². The van der Waals surface area contributed by atoms with Crippen LogP contribution < -0.4 is 0 Å². The molecule has 0 spiro atoms. The molecule has 0 saturated carbocycles. The molecule has 2 heteroatoms. The first-order valence-electron chi connectivity index (χ1n) is 1.97. The van der Waals surface area contributed by atoms with Gasteiger partial charge < -0.3 is 5.21 Å². The normalized spacial score (nSPS) is 36.0. The van der Waals surface area contributed by atoms with Crippen LogP contribution in [0.1, 0.15) is 6.42 Å². The Bertz CT molecular complexity index is 47.5. The Labute approximate surface area is 37.3 Å². The van der Waals surface area contributed by atoms with Crippen molar-refractivity contribution in [2.75, 3.05) is 6.54 Å². The van der Waals surface area contributed by atoms with E-state index in [4.69, 9.17) is 12.1 Å². The van der Waals surface area contributed by atoms with E-state index in [-0.39, 0.29) is 6.04 Å². The smallest absolute Gasteiger partial charge is 0.0438 e. The van der Waals surface area contributed by atoms with Crippen LogP contribution in [0, 0.1) is 6.92 Å². The van der Waals surface area contributed by atoms with Crippen molar-refractivity contribution in [1.82, 2.24) is 5.06 Å². The van der Waals surface area contributed by atoms with Crippen LogP contribution in [0.4, 0.5) is 0 Å². The van der Waals surface area contributed by atoms with Gasteiger partial charge in [-0.1, -0.05) is 0 Å². The fraction of sp³-hybridized carbons (Fsp3) is 0.750. The van der Waals surface area contributed by atoms with Crippen LogP contribution in [0.15, 0.2) is 0 Å². The maximum atomic E-state index is 8.36. The second-order valence-electron chi connectivity index (χ2n) is 1.47. The van der Waals surface area contributed by atoms with Crippen LogP contribution in [0.3, 0.4) is 0 Å². The van der Waals surface area contributed by atoms with Crippen molar-refractivity contribution in [3.63, 3.8) is 0 Å². The lowest BCUT2D eigenvalue weighted by atomic mass is 10.1. The van der Waals surface area contributed by atoms with E-state index in [1.165, 1.54) is 0 Å². The van der Waals surface area contributed by atoms with Gasteiger partial charge in [-0.25, -0.2) is 0 Å². The minimum Gasteiger partial charge on any atom is -0.314 e. The number of rotatable bonds is 0. The molecule has 1 atom stereocenters. The fourth-order valence-electron chi connectivity index (χ4n) is 0.374. The zero-order chi connectivity index (χ0) is 4.57. The molecule has 0 aromatic carbocycles. The summed E-state index contributed by atoms with van der Waals surface area (Å²) < 4.78 is 0. The third kappa shape index (κ3) is 0.420. The summed E-state index contributed by atoms with van der Waals surface area (Å²) in [5.41, 5.74) is 0. The Morgan fingerprint density at radius 2 is 2.33 bits per heavy atom. The molecule has 1 unspecified atom stereocenters. The van der Waals surface area contributed by atoms with Gasteiger partial charge in [-0.2, -0.15) is 5.06 Å². The second-order valence-corrected chi connectivity index (χ2v) is 1.47. The monoisotopic (exact) mass is 84.0 g/mol. The summed E-state index contributed by atoms with van der Waals surface area (Å²) in [6.07, 6.45) is 0.816. The average Bonchev–Trinajstić information content (AvgIpc) is 1.61. The van der Waals surface area contributed by atoms with Gasteiger partial charge in [0.2, 0.25) is 0 Å². The summed E-state index contributed by atoms with van der Waals surface area (Å²) in [4.78, 5) is 0. The van der Waals surface area contributed by atoms with E-state index in [9.17, 15) is 0 Å². The topological polar surface area (TPSA) is 23.5 Å². The first-order valence-corrected chi connectivity index (χ1v) is 1.97. The third-order valence-corrected chi connectivity index (χ3v) is 0.991. The van der Waals surface area contributed by atoms with E-state index in [2.05, 4.69) is 0 Å². The summed E-state index contributed by atoms with van der Waals surface area (Å²) in [5.74, 6) is 0. The van der Waals surface area contributed by atoms with Crippen molar-refractivity contribution in [2.24, 2.45) is 0 Å². The van der Waals surface area contributed by atoms with E-state index in [1.54, 1.807) is 0 Å². The van der Waals surface area contributed by atoms with Crippen molar-refractivity contribution < 1.29 is 5.21 Å². The molecule has 0 amide bonds. The summed E-state index contributed by atoms with van der Waals surface area (Å²) in [5, 5.41) is 9.38. The van der Waals surface area contributed by atoms with Crippen molar-refractivity contribution >= 4 is 0 Å². The van der Waals surface area contributed by atoms with E-state index >= 15 is 0 Å². The highest BCUT2D eigenvalue weighted by Gasteiger charge is 2.20. The fourth-order valence-corrected chi connectivity index (χ4v) is 0.374. The van der Waals surface area contributed by atoms with Crippen LogP contribution in [0.5, 0.6) is 0 Å². The predicted molar refractivity (Wildman–Crippen MR) is 20.1 cm³/mol. The van der Waals surface area contributed by atoms with Crippen LogP contribution in [0.2, 0.25) is 0 Å². The Morgan fingerprint density at radius 1 is 1.83 bits per heavy atom. The highest BCUT2D eigenvalue weighted by atomic mass is 16.5. The summed E-state index contributed by atoms with van der Waals surface area (Å²) in [6.45, 7) is 7.47. The molecule has 3 radical (unpaired) electrons. The lowest BCUT2D eigenvalue weighted by Gasteiger charge is -2.31. The first-order chi connectivity index (χ1) is 2.80. The molecule has 1 heterocycles. The van der Waals surface area contributed by atoms with Gasteiger partial charge in [0.15, 0.2) is 0 Å². The van der Waals surface area contributed by atoms with Crippen LogP contribution >= 0.6 is 0 Å². The Balaban J connectivity index is 2.20. The molecule has 0 aromatic heterocycles. The molecule has 1 N–H and O–H groups in total. The van der Waals surface area contributed by atoms with E-state index in [1.807, 2.05) is 0 Å². The van der Waals surface area contributed by atoms with Crippen molar-refractivity contribution in [1.29, 1.82) is 0 Å². The third-order valence-electron chi connectivity index (χ3n) is 0.991. The highest BCUT2D eigenvalue weighted by Crippen LogP contribution is 2.10. The lowest BCUT2D eigenvalue weighted by molar-refractivity contribution is -0.167. The number of hydrogen-bond acceptors (Lipinski definition) is 2. The van der Waals surface area contributed by atoms with Crippen molar-refractivity contribution in [2.45, 2.75) is 12.5 Å². The van der Waals surface area contributed by atoms with Gasteiger partial charge in [0.05, 0.1) is 0 Å². The first kappa shape index (κ1) is 4.09. The minimum absolute atomic E-state index is 0.329. The Hall–Kier alpha value is -0.0800. The number of hydrogen-bond donors (Lipinski definition) is 1. The second kappa shape index (κ2) is 1.21. The molecule has 1 rings (SSSR count). The lowest BCUT2D eigenvalue weighted by Crippen LogP contribution is -2.42. The highest BCUT2D eigenvalue weighted by molar-refractivity contribution is 4.77. The molecular formula is C4H6NO. The molecule has 1 saturated heterocycles. The summed E-state index contributed by atoms with van der Waals surface area (Å²) in [7, 11) is 0. The van der Waals surface area contributed by atoms with Crippen LogP contribution in [-0.4, -0.2) is 22.9 Å². The van der Waals surface area contributed by atoms with Gasteiger partial charge in [-0.15, -0.1) is 0 Å². The molecule has 0 aliphatic carbocycles. The van der Waals surface area contributed by atoms with Crippen molar-refractivity contribution in [3.05, 3.63) is 6.92 Å². The zero-order valence-corrected chi connectivity index (χ0v) is 3.39. The van der Waals surface area contributed by atoms with Crippen LogP contribution in [0.25, 0.3) is 0 Å². The van der Waals surface area contributed by atoms with Gasteiger partial charge in [0.25, 0.3) is 0 Å². The Kier molecular flexibility index (Phi) is 0.821. The quantitative estimate of drug-likeness (QED) is 0.448. The molecular weight excluding hydrogens is 78.0 g/mol. The molecule has 2 nitrogen and oxygen atoms in total. The molecule has 33 valence electrons. The maximum Gasteiger partial charge on any atom is 0.0438 e. The van der Waals surface area contributed by atoms with E-state index in [0.29, 0.717) is 6.54 Å². The number of hydroxylamine groups is 2. The van der Waals surface area contributed by atoms with E-state index < -0.39 is 0 Å². The number of nitrogens with zero attached hydrogens (tertiary/aromatic N) is 1. The molecule has 1 fully saturated rings. The average molecular weight is 84.1 g/mol. The molecule has 1 aliphatic heterocycles. The van der Waals surface area contributed by atoms with Gasteiger partial charge >= 0.3 is 0 Å². The molecule has 0 bridgehead atoms. The minimum atomic E-state index is -0.329. The van der Waals surface area contributed by atoms with Crippen LogP contribution in [-0.2, 0) is 0 Å². The zero-order valence-electron chi connectivity index (χ0n) is 3.39. The molecule has 0 aromatic rings.